The molecule has 32 heavy (non-hydrogen) atoms. The van der Waals surface area contributed by atoms with E-state index in [1.54, 1.807) is 56.4 Å². The Morgan fingerprint density at radius 1 is 1.25 bits per heavy atom. The van der Waals surface area contributed by atoms with Gasteiger partial charge in [-0.3, -0.25) is 10.2 Å². The molecule has 0 radical (unpaired) electrons. The Labute approximate surface area is 190 Å². The first-order chi connectivity index (χ1) is 15.2. The SMILES string of the molecule is CNc1c(C(=N)N(CC(=O)N(C)C)[C@@H]2CCCNC2)ccn1S(=O)(=O)c1ccc(C)cc1. The molecule has 2 aromatic rings. The predicted octanol–water partition coefficient (Wildman–Crippen LogP) is 1.54. The summed E-state index contributed by atoms with van der Waals surface area (Å²) in [6.45, 7) is 3.53. The second-order valence-electron chi connectivity index (χ2n) is 8.21. The van der Waals surface area contributed by atoms with Gasteiger partial charge in [-0.05, 0) is 44.5 Å². The van der Waals surface area contributed by atoms with E-state index >= 15 is 0 Å². The number of carbonyl (C=O) groups is 1. The molecule has 1 saturated heterocycles. The Balaban J connectivity index is 1.99. The van der Waals surface area contributed by atoms with Gasteiger partial charge in [0.05, 0.1) is 17.0 Å². The number of anilines is 1. The van der Waals surface area contributed by atoms with Crippen LogP contribution in [-0.2, 0) is 14.8 Å². The third-order valence-corrected chi connectivity index (χ3v) is 7.42. The number of nitrogens with zero attached hydrogens (tertiary/aromatic N) is 3. The molecule has 1 amide bonds. The Morgan fingerprint density at radius 2 is 1.94 bits per heavy atom. The molecule has 3 rings (SSSR count). The summed E-state index contributed by atoms with van der Waals surface area (Å²) in [6.07, 6.45) is 3.26. The van der Waals surface area contributed by atoms with Crippen LogP contribution in [0.1, 0.15) is 24.0 Å². The number of hydrogen-bond acceptors (Lipinski definition) is 6. The Morgan fingerprint density at radius 3 is 2.50 bits per heavy atom. The van der Waals surface area contributed by atoms with Gasteiger partial charge in [0, 0.05) is 39.9 Å². The normalized spacial score (nSPS) is 16.4. The number of carbonyl (C=O) groups excluding carboxylic acids is 1. The number of benzene rings is 1. The van der Waals surface area contributed by atoms with E-state index in [0.717, 1.165) is 28.9 Å². The van der Waals surface area contributed by atoms with Crippen LogP contribution in [0.15, 0.2) is 41.4 Å². The van der Waals surface area contributed by atoms with Crippen molar-refractivity contribution in [1.29, 1.82) is 5.41 Å². The topological polar surface area (TPSA) is 111 Å². The maximum atomic E-state index is 13.3. The number of hydrogen-bond donors (Lipinski definition) is 3. The Bertz CT molecular complexity index is 1070. The summed E-state index contributed by atoms with van der Waals surface area (Å²) in [5, 5.41) is 15.2. The van der Waals surface area contributed by atoms with Crippen molar-refractivity contribution >= 4 is 27.6 Å². The molecule has 1 aliphatic heterocycles. The van der Waals surface area contributed by atoms with Crippen molar-refractivity contribution in [1.82, 2.24) is 19.1 Å². The Hall–Kier alpha value is -2.85. The highest BCUT2D eigenvalue weighted by molar-refractivity contribution is 7.90. The summed E-state index contributed by atoms with van der Waals surface area (Å²) in [5.41, 5.74) is 1.40. The average Bonchev–Trinajstić information content (AvgIpc) is 3.22. The third kappa shape index (κ3) is 4.81. The molecule has 3 N–H and O–H groups in total. The molecule has 1 fully saturated rings. The van der Waals surface area contributed by atoms with Crippen molar-refractivity contribution in [3.8, 4) is 0 Å². The maximum absolute atomic E-state index is 13.3. The van der Waals surface area contributed by atoms with E-state index in [4.69, 9.17) is 5.41 Å². The van der Waals surface area contributed by atoms with Crippen LogP contribution in [0.3, 0.4) is 0 Å². The van der Waals surface area contributed by atoms with Crippen LogP contribution in [0.25, 0.3) is 0 Å². The summed E-state index contributed by atoms with van der Waals surface area (Å²) in [4.78, 5) is 16.0. The zero-order valence-corrected chi connectivity index (χ0v) is 19.9. The van der Waals surface area contributed by atoms with Gasteiger partial charge in [0.25, 0.3) is 10.0 Å². The molecule has 0 spiro atoms. The van der Waals surface area contributed by atoms with E-state index in [-0.39, 0.29) is 29.2 Å². The fourth-order valence-electron chi connectivity index (χ4n) is 3.81. The van der Waals surface area contributed by atoms with Crippen LogP contribution in [0.4, 0.5) is 5.82 Å². The molecule has 0 saturated carbocycles. The van der Waals surface area contributed by atoms with Gasteiger partial charge in [-0.15, -0.1) is 0 Å². The molecule has 1 aromatic heterocycles. The lowest BCUT2D eigenvalue weighted by Gasteiger charge is -2.36. The summed E-state index contributed by atoms with van der Waals surface area (Å²) < 4.78 is 27.7. The van der Waals surface area contributed by atoms with Crippen LogP contribution in [0, 0.1) is 12.3 Å². The molecule has 174 valence electrons. The standard InChI is InChI=1S/C22H32N6O3S/c1-16-7-9-18(10-8-16)32(30,31)28-13-11-19(22(28)24-2)21(23)27(15-20(29)26(3)4)17-6-5-12-25-14-17/h7-11,13,17,23-25H,5-6,12,14-15H2,1-4H3/t17-/m1/s1. The summed E-state index contributed by atoms with van der Waals surface area (Å²) in [6, 6.07) is 8.24. The average molecular weight is 461 g/mol. The smallest absolute Gasteiger partial charge is 0.269 e. The highest BCUT2D eigenvalue weighted by atomic mass is 32.2. The van der Waals surface area contributed by atoms with Gasteiger partial charge >= 0.3 is 0 Å². The fourth-order valence-corrected chi connectivity index (χ4v) is 5.16. The quantitative estimate of drug-likeness (QED) is 0.427. The number of piperidine rings is 1. The largest absolute Gasteiger partial charge is 0.373 e. The van der Waals surface area contributed by atoms with Crippen LogP contribution < -0.4 is 10.6 Å². The second-order valence-corrected chi connectivity index (χ2v) is 10.0. The molecule has 0 bridgehead atoms. The first-order valence-corrected chi connectivity index (χ1v) is 12.1. The van der Waals surface area contributed by atoms with E-state index in [0.29, 0.717) is 17.9 Å². The zero-order chi connectivity index (χ0) is 23.5. The number of likely N-dealkylation sites (N-methyl/N-ethyl adjacent to an activating group) is 1. The molecule has 9 nitrogen and oxygen atoms in total. The van der Waals surface area contributed by atoms with Crippen molar-refractivity contribution in [2.24, 2.45) is 0 Å². The van der Waals surface area contributed by atoms with Crippen molar-refractivity contribution in [3.05, 3.63) is 47.7 Å². The molecule has 1 aromatic carbocycles. The molecule has 1 atom stereocenters. The molecule has 0 unspecified atom stereocenters. The first-order valence-electron chi connectivity index (χ1n) is 10.6. The number of rotatable bonds is 7. The van der Waals surface area contributed by atoms with Gasteiger partial charge < -0.3 is 20.4 Å². The first kappa shape index (κ1) is 23.8. The van der Waals surface area contributed by atoms with Crippen LogP contribution in [-0.4, -0.2) is 80.8 Å². The third-order valence-electron chi connectivity index (χ3n) is 5.73. The number of amides is 1. The highest BCUT2D eigenvalue weighted by Gasteiger charge is 2.30. The minimum absolute atomic E-state index is 0.0260. The lowest BCUT2D eigenvalue weighted by Crippen LogP contribution is -2.52. The van der Waals surface area contributed by atoms with E-state index in [1.165, 1.54) is 11.1 Å². The van der Waals surface area contributed by atoms with Crippen LogP contribution >= 0.6 is 0 Å². The van der Waals surface area contributed by atoms with Crippen LogP contribution in [0.5, 0.6) is 0 Å². The Kier molecular flexibility index (Phi) is 7.25. The minimum atomic E-state index is -3.85. The van der Waals surface area contributed by atoms with E-state index in [9.17, 15) is 13.2 Å². The molecular formula is C22H32N6O3S. The molecular weight excluding hydrogens is 428 g/mol. The van der Waals surface area contributed by atoms with E-state index in [1.807, 2.05) is 6.92 Å². The summed E-state index contributed by atoms with van der Waals surface area (Å²) in [5.74, 6) is 0.302. The lowest BCUT2D eigenvalue weighted by molar-refractivity contribution is -0.129. The monoisotopic (exact) mass is 460 g/mol. The van der Waals surface area contributed by atoms with Gasteiger partial charge in [-0.2, -0.15) is 0 Å². The van der Waals surface area contributed by atoms with Gasteiger partial charge in [-0.25, -0.2) is 12.4 Å². The maximum Gasteiger partial charge on any atom is 0.269 e. The summed E-state index contributed by atoms with van der Waals surface area (Å²) >= 11 is 0. The van der Waals surface area contributed by atoms with Crippen molar-refractivity contribution in [2.75, 3.05) is 46.1 Å². The van der Waals surface area contributed by atoms with Gasteiger partial charge in [0.15, 0.2) is 0 Å². The van der Waals surface area contributed by atoms with Crippen molar-refractivity contribution in [2.45, 2.75) is 30.7 Å². The molecule has 10 heteroatoms. The summed E-state index contributed by atoms with van der Waals surface area (Å²) in [7, 11) is 1.16. The number of amidine groups is 1. The zero-order valence-electron chi connectivity index (χ0n) is 19.1. The second kappa shape index (κ2) is 9.74. The van der Waals surface area contributed by atoms with Crippen LogP contribution in [0.2, 0.25) is 0 Å². The van der Waals surface area contributed by atoms with Gasteiger partial charge in [0.1, 0.15) is 11.7 Å². The highest BCUT2D eigenvalue weighted by Crippen LogP contribution is 2.26. The van der Waals surface area contributed by atoms with E-state index in [2.05, 4.69) is 10.6 Å². The van der Waals surface area contributed by atoms with Crippen molar-refractivity contribution in [3.63, 3.8) is 0 Å². The fraction of sp³-hybridized carbons (Fsp3) is 0.455. The van der Waals surface area contributed by atoms with Crippen molar-refractivity contribution < 1.29 is 13.2 Å². The number of nitrogens with one attached hydrogen (secondary N) is 3. The lowest BCUT2D eigenvalue weighted by atomic mass is 10.0. The van der Waals surface area contributed by atoms with Gasteiger partial charge in [-0.1, -0.05) is 17.7 Å². The number of aromatic nitrogens is 1. The molecule has 2 heterocycles. The van der Waals surface area contributed by atoms with Gasteiger partial charge in [0.2, 0.25) is 5.91 Å². The molecule has 0 aliphatic carbocycles. The predicted molar refractivity (Wildman–Crippen MR) is 126 cm³/mol. The minimum Gasteiger partial charge on any atom is -0.373 e. The molecule has 1 aliphatic rings. The van der Waals surface area contributed by atoms with E-state index < -0.39 is 10.0 Å². The number of aryl methyl sites for hydroxylation is 1.